The van der Waals surface area contributed by atoms with Crippen LogP contribution in [-0.2, 0) is 9.53 Å². The average Bonchev–Trinajstić information content (AvgIpc) is 2.31. The number of rotatable bonds is 6. The first-order chi connectivity index (χ1) is 8.19. The van der Waals surface area contributed by atoms with E-state index in [9.17, 15) is 4.79 Å². The van der Waals surface area contributed by atoms with Gasteiger partial charge in [0.15, 0.2) is 0 Å². The lowest BCUT2D eigenvalue weighted by Gasteiger charge is -2.19. The fourth-order valence-corrected chi connectivity index (χ4v) is 1.89. The van der Waals surface area contributed by atoms with E-state index in [1.54, 1.807) is 7.11 Å². The van der Waals surface area contributed by atoms with Crippen LogP contribution in [0.2, 0.25) is 0 Å². The van der Waals surface area contributed by atoms with E-state index in [2.05, 4.69) is 5.32 Å². The molecular formula is C14H21NO2. The summed E-state index contributed by atoms with van der Waals surface area (Å²) < 4.78 is 5.01. The van der Waals surface area contributed by atoms with E-state index in [-0.39, 0.29) is 17.9 Å². The summed E-state index contributed by atoms with van der Waals surface area (Å²) in [6, 6.07) is 9.92. The molecule has 0 aliphatic heterocycles. The summed E-state index contributed by atoms with van der Waals surface area (Å²) >= 11 is 0. The third-order valence-corrected chi connectivity index (χ3v) is 2.73. The first kappa shape index (κ1) is 13.7. The van der Waals surface area contributed by atoms with Crippen LogP contribution >= 0.6 is 0 Å². The molecule has 2 atom stereocenters. The van der Waals surface area contributed by atoms with E-state index in [1.165, 1.54) is 0 Å². The van der Waals surface area contributed by atoms with E-state index in [4.69, 9.17) is 4.74 Å². The van der Waals surface area contributed by atoms with Crippen molar-refractivity contribution < 1.29 is 9.53 Å². The summed E-state index contributed by atoms with van der Waals surface area (Å²) in [6.45, 7) is 4.51. The molecule has 1 aromatic carbocycles. The zero-order valence-electron chi connectivity index (χ0n) is 10.8. The van der Waals surface area contributed by atoms with Gasteiger partial charge in [0.25, 0.3) is 0 Å². The number of benzene rings is 1. The quantitative estimate of drug-likeness (QED) is 0.822. The molecule has 1 amide bonds. The van der Waals surface area contributed by atoms with Crippen LogP contribution in [0.1, 0.15) is 31.7 Å². The zero-order valence-corrected chi connectivity index (χ0v) is 10.8. The molecule has 0 saturated carbocycles. The Morgan fingerprint density at radius 1 is 1.35 bits per heavy atom. The van der Waals surface area contributed by atoms with E-state index in [0.29, 0.717) is 6.61 Å². The molecule has 3 nitrogen and oxygen atoms in total. The highest BCUT2D eigenvalue weighted by molar-refractivity contribution is 5.83. The standard InChI is InChI=1S/C14H21NO2/c1-4-13(12-8-6-5-7-9-12)14(16)15-11(2)10-17-3/h5-9,11,13H,4,10H2,1-3H3,(H,15,16)/t11-,13-/m0/s1. The van der Waals surface area contributed by atoms with Crippen molar-refractivity contribution in [1.82, 2.24) is 5.32 Å². The Morgan fingerprint density at radius 3 is 2.53 bits per heavy atom. The lowest BCUT2D eigenvalue weighted by molar-refractivity contribution is -0.123. The molecule has 0 aromatic heterocycles. The molecule has 0 bridgehead atoms. The second-order valence-corrected chi connectivity index (χ2v) is 4.24. The minimum Gasteiger partial charge on any atom is -0.383 e. The fourth-order valence-electron chi connectivity index (χ4n) is 1.89. The first-order valence-corrected chi connectivity index (χ1v) is 6.03. The summed E-state index contributed by atoms with van der Waals surface area (Å²) in [5, 5.41) is 2.97. The van der Waals surface area contributed by atoms with Crippen molar-refractivity contribution in [2.24, 2.45) is 0 Å². The van der Waals surface area contributed by atoms with Gasteiger partial charge in [-0.25, -0.2) is 0 Å². The smallest absolute Gasteiger partial charge is 0.227 e. The Kier molecular flexibility index (Phi) is 5.70. The molecule has 1 aromatic rings. The Balaban J connectivity index is 2.65. The average molecular weight is 235 g/mol. The molecule has 1 N–H and O–H groups in total. The third-order valence-electron chi connectivity index (χ3n) is 2.73. The van der Waals surface area contributed by atoms with Gasteiger partial charge in [-0.3, -0.25) is 4.79 Å². The van der Waals surface area contributed by atoms with Crippen LogP contribution in [0, 0.1) is 0 Å². The monoisotopic (exact) mass is 235 g/mol. The summed E-state index contributed by atoms with van der Waals surface area (Å²) in [5.74, 6) is -0.00115. The van der Waals surface area contributed by atoms with Crippen molar-refractivity contribution in [3.05, 3.63) is 35.9 Å². The van der Waals surface area contributed by atoms with Crippen molar-refractivity contribution in [1.29, 1.82) is 0 Å². The molecule has 0 aliphatic carbocycles. The topological polar surface area (TPSA) is 38.3 Å². The number of carbonyl (C=O) groups excluding carboxylic acids is 1. The zero-order chi connectivity index (χ0) is 12.7. The Bertz CT molecular complexity index is 337. The van der Waals surface area contributed by atoms with E-state index in [0.717, 1.165) is 12.0 Å². The normalized spacial score (nSPS) is 14.1. The second kappa shape index (κ2) is 7.07. The fraction of sp³-hybridized carbons (Fsp3) is 0.500. The van der Waals surface area contributed by atoms with E-state index < -0.39 is 0 Å². The molecule has 0 spiro atoms. The number of amides is 1. The number of nitrogens with one attached hydrogen (secondary N) is 1. The maximum absolute atomic E-state index is 12.1. The molecule has 3 heteroatoms. The summed E-state index contributed by atoms with van der Waals surface area (Å²) in [4.78, 5) is 12.1. The maximum Gasteiger partial charge on any atom is 0.227 e. The van der Waals surface area contributed by atoms with E-state index >= 15 is 0 Å². The largest absolute Gasteiger partial charge is 0.383 e. The van der Waals surface area contributed by atoms with Crippen LogP contribution in [0.25, 0.3) is 0 Å². The highest BCUT2D eigenvalue weighted by atomic mass is 16.5. The van der Waals surface area contributed by atoms with Crippen LogP contribution in [0.4, 0.5) is 0 Å². The number of carbonyl (C=O) groups is 1. The van der Waals surface area contributed by atoms with Gasteiger partial charge in [-0.05, 0) is 18.9 Å². The molecule has 0 aliphatic rings. The van der Waals surface area contributed by atoms with Crippen LogP contribution in [-0.4, -0.2) is 25.7 Å². The minimum absolute atomic E-state index is 0.0465. The van der Waals surface area contributed by atoms with Crippen molar-refractivity contribution in [3.8, 4) is 0 Å². The lowest BCUT2D eigenvalue weighted by Crippen LogP contribution is -2.38. The highest BCUT2D eigenvalue weighted by Crippen LogP contribution is 2.19. The molecule has 1 rings (SSSR count). The van der Waals surface area contributed by atoms with Gasteiger partial charge >= 0.3 is 0 Å². The maximum atomic E-state index is 12.1. The Morgan fingerprint density at radius 2 is 2.00 bits per heavy atom. The van der Waals surface area contributed by atoms with Gasteiger partial charge in [0, 0.05) is 13.2 Å². The van der Waals surface area contributed by atoms with Crippen molar-refractivity contribution in [3.63, 3.8) is 0 Å². The third kappa shape index (κ3) is 4.19. The van der Waals surface area contributed by atoms with Crippen LogP contribution < -0.4 is 5.32 Å². The van der Waals surface area contributed by atoms with Crippen molar-refractivity contribution in [2.45, 2.75) is 32.2 Å². The molecule has 0 unspecified atom stereocenters. The summed E-state index contributed by atoms with van der Waals surface area (Å²) in [7, 11) is 1.64. The SMILES string of the molecule is CC[C@H](C(=O)N[C@@H](C)COC)c1ccccc1. The van der Waals surface area contributed by atoms with Gasteiger partial charge in [-0.2, -0.15) is 0 Å². The first-order valence-electron chi connectivity index (χ1n) is 6.03. The molecule has 94 valence electrons. The molecule has 0 fully saturated rings. The highest BCUT2D eigenvalue weighted by Gasteiger charge is 2.19. The minimum atomic E-state index is -0.0736. The van der Waals surface area contributed by atoms with Crippen LogP contribution in [0.3, 0.4) is 0 Å². The summed E-state index contributed by atoms with van der Waals surface area (Å²) in [6.07, 6.45) is 0.801. The van der Waals surface area contributed by atoms with Crippen molar-refractivity contribution in [2.75, 3.05) is 13.7 Å². The predicted octanol–water partition coefficient (Wildman–Crippen LogP) is 2.33. The van der Waals surface area contributed by atoms with Crippen LogP contribution in [0.5, 0.6) is 0 Å². The van der Waals surface area contributed by atoms with Gasteiger partial charge in [0.1, 0.15) is 0 Å². The van der Waals surface area contributed by atoms with Gasteiger partial charge in [0.2, 0.25) is 5.91 Å². The summed E-state index contributed by atoms with van der Waals surface area (Å²) in [5.41, 5.74) is 1.07. The molecule has 0 radical (unpaired) electrons. The second-order valence-electron chi connectivity index (χ2n) is 4.24. The number of ether oxygens (including phenoxy) is 1. The lowest BCUT2D eigenvalue weighted by atomic mass is 9.95. The molecule has 0 heterocycles. The molecule has 17 heavy (non-hydrogen) atoms. The van der Waals surface area contributed by atoms with E-state index in [1.807, 2.05) is 44.2 Å². The molecular weight excluding hydrogens is 214 g/mol. The predicted molar refractivity (Wildman–Crippen MR) is 69.0 cm³/mol. The van der Waals surface area contributed by atoms with Gasteiger partial charge in [0.05, 0.1) is 12.5 Å². The Labute approximate surface area is 103 Å². The Hall–Kier alpha value is -1.35. The van der Waals surface area contributed by atoms with Crippen molar-refractivity contribution >= 4 is 5.91 Å². The molecule has 0 saturated heterocycles. The number of hydrogen-bond acceptors (Lipinski definition) is 2. The van der Waals surface area contributed by atoms with Gasteiger partial charge < -0.3 is 10.1 Å². The van der Waals surface area contributed by atoms with Gasteiger partial charge in [-0.1, -0.05) is 37.3 Å². The number of hydrogen-bond donors (Lipinski definition) is 1. The van der Waals surface area contributed by atoms with Crippen LogP contribution in [0.15, 0.2) is 30.3 Å². The van der Waals surface area contributed by atoms with Gasteiger partial charge in [-0.15, -0.1) is 0 Å². The number of methoxy groups -OCH3 is 1.